The number of rotatable bonds is 8. The normalized spacial score (nSPS) is 17.9. The van der Waals surface area contributed by atoms with Crippen LogP contribution in [0.25, 0.3) is 5.76 Å². The van der Waals surface area contributed by atoms with Gasteiger partial charge >= 0.3 is 0 Å². The SMILES string of the molecule is C=CCOc1cccc(C2/C(=C(\O)c3ccc(F)cc3)C(=O)C(=O)N2CCN(C)C)c1. The van der Waals surface area contributed by atoms with Gasteiger partial charge < -0.3 is 19.6 Å². The van der Waals surface area contributed by atoms with Gasteiger partial charge in [-0.1, -0.05) is 24.8 Å². The number of aliphatic hydroxyl groups is 1. The summed E-state index contributed by atoms with van der Waals surface area (Å²) in [5, 5.41) is 10.9. The van der Waals surface area contributed by atoms with Gasteiger partial charge in [-0.05, 0) is 56.1 Å². The van der Waals surface area contributed by atoms with Gasteiger partial charge in [-0.2, -0.15) is 0 Å². The number of hydrogen-bond donors (Lipinski definition) is 1. The molecule has 1 aliphatic rings. The first-order valence-corrected chi connectivity index (χ1v) is 9.86. The number of ketones is 1. The Bertz CT molecular complexity index is 1010. The molecule has 162 valence electrons. The predicted octanol–water partition coefficient (Wildman–Crippen LogP) is 3.37. The fraction of sp³-hybridized carbons (Fsp3) is 0.250. The second-order valence-corrected chi connectivity index (χ2v) is 7.47. The van der Waals surface area contributed by atoms with Crippen LogP contribution in [0.1, 0.15) is 17.2 Å². The van der Waals surface area contributed by atoms with Crippen LogP contribution < -0.4 is 4.74 Å². The summed E-state index contributed by atoms with van der Waals surface area (Å²) >= 11 is 0. The van der Waals surface area contributed by atoms with E-state index in [1.54, 1.807) is 30.3 Å². The molecule has 1 N–H and O–H groups in total. The Morgan fingerprint density at radius 3 is 2.58 bits per heavy atom. The highest BCUT2D eigenvalue weighted by Gasteiger charge is 2.46. The van der Waals surface area contributed by atoms with Crippen molar-refractivity contribution in [1.82, 2.24) is 9.80 Å². The minimum absolute atomic E-state index is 0.0313. The van der Waals surface area contributed by atoms with E-state index in [0.717, 1.165) is 0 Å². The molecule has 1 unspecified atom stereocenters. The minimum atomic E-state index is -0.794. The van der Waals surface area contributed by atoms with Crippen molar-refractivity contribution in [2.24, 2.45) is 0 Å². The van der Waals surface area contributed by atoms with Gasteiger partial charge in [0.1, 0.15) is 23.9 Å². The van der Waals surface area contributed by atoms with Gasteiger partial charge in [0, 0.05) is 18.7 Å². The number of carbonyl (C=O) groups is 2. The van der Waals surface area contributed by atoms with Crippen molar-refractivity contribution >= 4 is 17.4 Å². The lowest BCUT2D eigenvalue weighted by Gasteiger charge is -2.26. The van der Waals surface area contributed by atoms with Crippen molar-refractivity contribution in [3.05, 3.63) is 83.7 Å². The number of ether oxygens (including phenoxy) is 1. The van der Waals surface area contributed by atoms with Crippen molar-refractivity contribution in [3.8, 4) is 5.75 Å². The lowest BCUT2D eigenvalue weighted by molar-refractivity contribution is -0.140. The van der Waals surface area contributed by atoms with E-state index >= 15 is 0 Å². The molecule has 0 aliphatic carbocycles. The summed E-state index contributed by atoms with van der Waals surface area (Å²) in [6.45, 7) is 4.76. The molecule has 0 aromatic heterocycles. The first-order chi connectivity index (χ1) is 14.8. The summed E-state index contributed by atoms with van der Waals surface area (Å²) in [6.07, 6.45) is 1.62. The summed E-state index contributed by atoms with van der Waals surface area (Å²) in [5.74, 6) is -1.71. The Morgan fingerprint density at radius 1 is 1.23 bits per heavy atom. The molecule has 0 radical (unpaired) electrons. The molecule has 2 aromatic rings. The third-order valence-corrected chi connectivity index (χ3v) is 4.99. The maximum atomic E-state index is 13.3. The number of nitrogens with zero attached hydrogens (tertiary/aromatic N) is 2. The first-order valence-electron chi connectivity index (χ1n) is 9.86. The Hall–Kier alpha value is -3.45. The quantitative estimate of drug-likeness (QED) is 0.305. The summed E-state index contributed by atoms with van der Waals surface area (Å²) in [5.41, 5.74) is 0.857. The van der Waals surface area contributed by atoms with Gasteiger partial charge in [0.05, 0.1) is 11.6 Å². The monoisotopic (exact) mass is 424 g/mol. The predicted molar refractivity (Wildman–Crippen MR) is 116 cm³/mol. The minimum Gasteiger partial charge on any atom is -0.507 e. The van der Waals surface area contributed by atoms with E-state index in [9.17, 15) is 19.1 Å². The topological polar surface area (TPSA) is 70.1 Å². The third kappa shape index (κ3) is 4.83. The molecule has 1 heterocycles. The Labute approximate surface area is 180 Å². The van der Waals surface area contributed by atoms with E-state index in [1.165, 1.54) is 29.2 Å². The molecule has 0 spiro atoms. The van der Waals surface area contributed by atoms with Crippen LogP contribution in [-0.4, -0.2) is 60.4 Å². The number of likely N-dealkylation sites (N-methyl/N-ethyl adjacent to an activating group) is 1. The van der Waals surface area contributed by atoms with Gasteiger partial charge in [0.2, 0.25) is 0 Å². The lowest BCUT2D eigenvalue weighted by atomic mass is 9.95. The average molecular weight is 424 g/mol. The van der Waals surface area contributed by atoms with Crippen LogP contribution in [0.3, 0.4) is 0 Å². The zero-order valence-electron chi connectivity index (χ0n) is 17.5. The third-order valence-electron chi connectivity index (χ3n) is 4.99. The van der Waals surface area contributed by atoms with Gasteiger partial charge in [-0.25, -0.2) is 4.39 Å². The van der Waals surface area contributed by atoms with E-state index in [2.05, 4.69) is 6.58 Å². The van der Waals surface area contributed by atoms with Crippen LogP contribution >= 0.6 is 0 Å². The zero-order valence-corrected chi connectivity index (χ0v) is 17.5. The molecular weight excluding hydrogens is 399 g/mol. The van der Waals surface area contributed by atoms with Crippen molar-refractivity contribution < 1.29 is 23.8 Å². The van der Waals surface area contributed by atoms with Crippen molar-refractivity contribution in [2.45, 2.75) is 6.04 Å². The number of hydrogen-bond acceptors (Lipinski definition) is 5. The fourth-order valence-electron chi connectivity index (χ4n) is 3.46. The number of Topliss-reactive ketones (excluding diaryl/α,β-unsaturated/α-hetero) is 1. The molecule has 3 rings (SSSR count). The number of likely N-dealkylation sites (tertiary alicyclic amines) is 1. The highest BCUT2D eigenvalue weighted by molar-refractivity contribution is 6.46. The highest BCUT2D eigenvalue weighted by atomic mass is 19.1. The van der Waals surface area contributed by atoms with E-state index in [4.69, 9.17) is 4.74 Å². The van der Waals surface area contributed by atoms with Gasteiger partial charge in [-0.3, -0.25) is 9.59 Å². The van der Waals surface area contributed by atoms with Crippen molar-refractivity contribution in [1.29, 1.82) is 0 Å². The molecule has 6 nitrogen and oxygen atoms in total. The Kier molecular flexibility index (Phi) is 6.87. The van der Waals surface area contributed by atoms with Gasteiger partial charge in [-0.15, -0.1) is 0 Å². The second-order valence-electron chi connectivity index (χ2n) is 7.47. The molecular formula is C24H25FN2O4. The van der Waals surface area contributed by atoms with Crippen LogP contribution in [0, 0.1) is 5.82 Å². The maximum absolute atomic E-state index is 13.3. The summed E-state index contributed by atoms with van der Waals surface area (Å²) in [4.78, 5) is 29.2. The summed E-state index contributed by atoms with van der Waals surface area (Å²) in [7, 11) is 3.74. The number of aliphatic hydroxyl groups excluding tert-OH is 1. The molecule has 1 fully saturated rings. The summed E-state index contributed by atoms with van der Waals surface area (Å²) in [6, 6.07) is 11.4. The van der Waals surface area contributed by atoms with Gasteiger partial charge in [0.15, 0.2) is 0 Å². The van der Waals surface area contributed by atoms with Gasteiger partial charge in [0.25, 0.3) is 11.7 Å². The highest BCUT2D eigenvalue weighted by Crippen LogP contribution is 2.40. The standard InChI is InChI=1S/C24H25FN2O4/c1-4-14-31-19-7-5-6-17(15-19)21-20(22(28)16-8-10-18(25)11-9-16)23(29)24(30)27(21)13-12-26(2)3/h4-11,15,21,28H,1,12-14H2,2-3H3/b22-20+. The number of amides is 1. The van der Waals surface area contributed by atoms with Crippen molar-refractivity contribution in [3.63, 3.8) is 0 Å². The van der Waals surface area contributed by atoms with E-state index in [1.807, 2.05) is 19.0 Å². The fourth-order valence-corrected chi connectivity index (χ4v) is 3.46. The molecule has 1 amide bonds. The Morgan fingerprint density at radius 2 is 1.94 bits per heavy atom. The van der Waals surface area contributed by atoms with Crippen LogP contribution in [0.4, 0.5) is 4.39 Å². The van der Waals surface area contributed by atoms with Crippen LogP contribution in [-0.2, 0) is 9.59 Å². The van der Waals surface area contributed by atoms with Crippen molar-refractivity contribution in [2.75, 3.05) is 33.8 Å². The average Bonchev–Trinajstić information content (AvgIpc) is 3.01. The van der Waals surface area contributed by atoms with E-state index < -0.39 is 23.5 Å². The van der Waals surface area contributed by atoms with Crippen LogP contribution in [0.15, 0.2) is 66.8 Å². The van der Waals surface area contributed by atoms with Crippen LogP contribution in [0.2, 0.25) is 0 Å². The van der Waals surface area contributed by atoms with E-state index in [0.29, 0.717) is 31.0 Å². The molecule has 31 heavy (non-hydrogen) atoms. The number of benzene rings is 2. The largest absolute Gasteiger partial charge is 0.507 e. The zero-order chi connectivity index (χ0) is 22.5. The number of halogens is 1. The summed E-state index contributed by atoms with van der Waals surface area (Å²) < 4.78 is 18.9. The second kappa shape index (κ2) is 9.57. The van der Waals surface area contributed by atoms with Crippen LogP contribution in [0.5, 0.6) is 5.75 Å². The first kappa shape index (κ1) is 22.2. The Balaban J connectivity index is 2.12. The molecule has 7 heteroatoms. The lowest BCUT2D eigenvalue weighted by Crippen LogP contribution is -2.35. The number of carbonyl (C=O) groups excluding carboxylic acids is 2. The van der Waals surface area contributed by atoms with E-state index in [-0.39, 0.29) is 16.9 Å². The molecule has 2 aromatic carbocycles. The maximum Gasteiger partial charge on any atom is 0.295 e. The molecule has 1 aliphatic heterocycles. The smallest absolute Gasteiger partial charge is 0.295 e. The molecule has 0 bridgehead atoms. The molecule has 1 saturated heterocycles. The molecule has 1 atom stereocenters. The molecule has 0 saturated carbocycles.